The van der Waals surface area contributed by atoms with E-state index in [0.29, 0.717) is 6.42 Å². The summed E-state index contributed by atoms with van der Waals surface area (Å²) in [6.07, 6.45) is 1.38. The van der Waals surface area contributed by atoms with Gasteiger partial charge < -0.3 is 5.11 Å². The molecule has 1 aromatic rings. The van der Waals surface area contributed by atoms with E-state index in [1.165, 1.54) is 0 Å². The molecule has 0 aliphatic rings. The summed E-state index contributed by atoms with van der Waals surface area (Å²) in [5.41, 5.74) is 1.95. The number of carboxylic acids is 1. The maximum atomic E-state index is 10.6. The Morgan fingerprint density at radius 3 is 2.86 bits per heavy atom. The lowest BCUT2D eigenvalue weighted by molar-refractivity contribution is -0.141. The van der Waals surface area contributed by atoms with Crippen molar-refractivity contribution in [1.29, 1.82) is 0 Å². The first-order valence-corrected chi connectivity index (χ1v) is 4.75. The van der Waals surface area contributed by atoms with Crippen molar-refractivity contribution in [2.75, 3.05) is 0 Å². The normalized spacial score (nSPS) is 12.4. The van der Waals surface area contributed by atoms with Gasteiger partial charge in [0.15, 0.2) is 0 Å². The highest BCUT2D eigenvalue weighted by Crippen LogP contribution is 2.08. The molecule has 14 heavy (non-hydrogen) atoms. The molecular weight excluding hydrogens is 178 g/mol. The van der Waals surface area contributed by atoms with E-state index in [1.807, 2.05) is 25.1 Å². The van der Waals surface area contributed by atoms with Crippen LogP contribution in [0, 0.1) is 12.8 Å². The largest absolute Gasteiger partial charge is 0.481 e. The van der Waals surface area contributed by atoms with E-state index >= 15 is 0 Å². The molecule has 0 aliphatic carbocycles. The second-order valence-corrected chi connectivity index (χ2v) is 3.55. The second-order valence-electron chi connectivity index (χ2n) is 3.55. The molecule has 1 heterocycles. The molecule has 0 aliphatic heterocycles. The van der Waals surface area contributed by atoms with Crippen molar-refractivity contribution in [2.24, 2.45) is 5.92 Å². The molecule has 0 saturated heterocycles. The molecule has 0 bridgehead atoms. The third kappa shape index (κ3) is 3.17. The molecule has 76 valence electrons. The average molecular weight is 193 g/mol. The lowest BCUT2D eigenvalue weighted by Crippen LogP contribution is -2.10. The van der Waals surface area contributed by atoms with Gasteiger partial charge in [0.1, 0.15) is 0 Å². The molecule has 1 unspecified atom stereocenters. The predicted octanol–water partition coefficient (Wildman–Crippen LogP) is 2.04. The third-order valence-corrected chi connectivity index (χ3v) is 2.20. The van der Waals surface area contributed by atoms with Crippen molar-refractivity contribution in [3.63, 3.8) is 0 Å². The number of nitrogens with zero attached hydrogens (tertiary/aromatic N) is 1. The van der Waals surface area contributed by atoms with Crippen LogP contribution in [0.1, 0.15) is 24.7 Å². The van der Waals surface area contributed by atoms with E-state index < -0.39 is 5.97 Å². The van der Waals surface area contributed by atoms with Crippen LogP contribution in [0.2, 0.25) is 0 Å². The van der Waals surface area contributed by atoms with Gasteiger partial charge >= 0.3 is 5.97 Å². The van der Waals surface area contributed by atoms with Crippen LogP contribution >= 0.6 is 0 Å². The zero-order chi connectivity index (χ0) is 10.6. The van der Waals surface area contributed by atoms with Crippen LogP contribution < -0.4 is 0 Å². The lowest BCUT2D eigenvalue weighted by atomic mass is 10.0. The SMILES string of the molecule is Cc1cccc(CCC(C)C(=O)O)n1. The second kappa shape index (κ2) is 4.74. The van der Waals surface area contributed by atoms with Crippen molar-refractivity contribution in [3.05, 3.63) is 29.6 Å². The highest BCUT2D eigenvalue weighted by Gasteiger charge is 2.10. The fourth-order valence-electron chi connectivity index (χ4n) is 1.23. The molecule has 1 rings (SSSR count). The highest BCUT2D eigenvalue weighted by atomic mass is 16.4. The van der Waals surface area contributed by atoms with Crippen LogP contribution in [-0.2, 0) is 11.2 Å². The van der Waals surface area contributed by atoms with Gasteiger partial charge in [-0.1, -0.05) is 13.0 Å². The van der Waals surface area contributed by atoms with E-state index in [0.717, 1.165) is 17.8 Å². The number of carboxylic acid groups (broad SMARTS) is 1. The van der Waals surface area contributed by atoms with E-state index in [-0.39, 0.29) is 5.92 Å². The van der Waals surface area contributed by atoms with Gasteiger partial charge in [-0.2, -0.15) is 0 Å². The number of aromatic nitrogens is 1. The summed E-state index contributed by atoms with van der Waals surface area (Å²) in [6.45, 7) is 3.66. The topological polar surface area (TPSA) is 50.2 Å². The number of hydrogen-bond acceptors (Lipinski definition) is 2. The molecule has 0 radical (unpaired) electrons. The first kappa shape index (κ1) is 10.7. The Kier molecular flexibility index (Phi) is 3.63. The standard InChI is InChI=1S/C11H15NO2/c1-8(11(13)14)6-7-10-5-3-4-9(2)12-10/h3-5,8H,6-7H2,1-2H3,(H,13,14). The van der Waals surface area contributed by atoms with Crippen LogP contribution in [-0.4, -0.2) is 16.1 Å². The van der Waals surface area contributed by atoms with Crippen molar-refractivity contribution >= 4 is 5.97 Å². The first-order valence-electron chi connectivity index (χ1n) is 4.75. The Bertz CT molecular complexity index is 323. The predicted molar refractivity (Wildman–Crippen MR) is 54.1 cm³/mol. The van der Waals surface area contributed by atoms with E-state index in [1.54, 1.807) is 6.92 Å². The monoisotopic (exact) mass is 193 g/mol. The number of rotatable bonds is 4. The summed E-state index contributed by atoms with van der Waals surface area (Å²) in [5.74, 6) is -1.03. The number of carbonyl (C=O) groups is 1. The fraction of sp³-hybridized carbons (Fsp3) is 0.455. The fourth-order valence-corrected chi connectivity index (χ4v) is 1.23. The van der Waals surface area contributed by atoms with Crippen LogP contribution in [0.25, 0.3) is 0 Å². The van der Waals surface area contributed by atoms with Crippen LogP contribution in [0.4, 0.5) is 0 Å². The van der Waals surface area contributed by atoms with Crippen molar-refractivity contribution in [1.82, 2.24) is 4.98 Å². The maximum Gasteiger partial charge on any atom is 0.306 e. The van der Waals surface area contributed by atoms with Crippen molar-refractivity contribution in [2.45, 2.75) is 26.7 Å². The molecule has 1 atom stereocenters. The summed E-state index contributed by atoms with van der Waals surface area (Å²) < 4.78 is 0. The lowest BCUT2D eigenvalue weighted by Gasteiger charge is -2.05. The first-order chi connectivity index (χ1) is 6.59. The van der Waals surface area contributed by atoms with Gasteiger partial charge in [0.25, 0.3) is 0 Å². The molecule has 0 fully saturated rings. The Balaban J connectivity index is 2.49. The Morgan fingerprint density at radius 1 is 1.57 bits per heavy atom. The maximum absolute atomic E-state index is 10.6. The summed E-state index contributed by atoms with van der Waals surface area (Å²) in [4.78, 5) is 14.9. The number of hydrogen-bond donors (Lipinski definition) is 1. The van der Waals surface area contributed by atoms with E-state index in [9.17, 15) is 4.79 Å². The van der Waals surface area contributed by atoms with Gasteiger partial charge in [0.2, 0.25) is 0 Å². The number of pyridine rings is 1. The highest BCUT2D eigenvalue weighted by molar-refractivity contribution is 5.69. The molecule has 3 nitrogen and oxygen atoms in total. The summed E-state index contributed by atoms with van der Waals surface area (Å²) >= 11 is 0. The molecule has 3 heteroatoms. The molecule has 1 N–H and O–H groups in total. The minimum atomic E-state index is -0.738. The number of aliphatic carboxylic acids is 1. The van der Waals surface area contributed by atoms with Crippen molar-refractivity contribution in [3.8, 4) is 0 Å². The van der Waals surface area contributed by atoms with Gasteiger partial charge in [0.05, 0.1) is 5.92 Å². The zero-order valence-corrected chi connectivity index (χ0v) is 8.53. The smallest absolute Gasteiger partial charge is 0.306 e. The van der Waals surface area contributed by atoms with E-state index in [2.05, 4.69) is 4.98 Å². The minimum absolute atomic E-state index is 0.294. The van der Waals surface area contributed by atoms with Gasteiger partial charge in [0, 0.05) is 11.4 Å². The summed E-state index contributed by atoms with van der Waals surface area (Å²) in [6, 6.07) is 5.81. The molecule has 0 saturated carbocycles. The quantitative estimate of drug-likeness (QED) is 0.796. The van der Waals surface area contributed by atoms with Crippen LogP contribution in [0.5, 0.6) is 0 Å². The molecule has 0 spiro atoms. The van der Waals surface area contributed by atoms with Gasteiger partial charge in [-0.3, -0.25) is 9.78 Å². The molecule has 0 aromatic carbocycles. The van der Waals surface area contributed by atoms with Gasteiger partial charge in [-0.25, -0.2) is 0 Å². The molecular formula is C11H15NO2. The van der Waals surface area contributed by atoms with Crippen LogP contribution in [0.15, 0.2) is 18.2 Å². The Morgan fingerprint density at radius 2 is 2.29 bits per heavy atom. The minimum Gasteiger partial charge on any atom is -0.481 e. The Hall–Kier alpha value is -1.38. The van der Waals surface area contributed by atoms with Gasteiger partial charge in [-0.05, 0) is 31.9 Å². The van der Waals surface area contributed by atoms with Gasteiger partial charge in [-0.15, -0.1) is 0 Å². The Labute approximate surface area is 83.8 Å². The third-order valence-electron chi connectivity index (χ3n) is 2.20. The molecule has 1 aromatic heterocycles. The van der Waals surface area contributed by atoms with Crippen LogP contribution in [0.3, 0.4) is 0 Å². The van der Waals surface area contributed by atoms with Crippen molar-refractivity contribution < 1.29 is 9.90 Å². The summed E-state index contributed by atoms with van der Waals surface area (Å²) in [7, 11) is 0. The van der Waals surface area contributed by atoms with E-state index in [4.69, 9.17) is 5.11 Å². The average Bonchev–Trinajstić information content (AvgIpc) is 2.14. The molecule has 0 amide bonds. The number of aryl methyl sites for hydroxylation is 2. The summed E-state index contributed by atoms with van der Waals surface area (Å²) in [5, 5.41) is 8.69. The zero-order valence-electron chi connectivity index (χ0n) is 8.53.